The molecule has 5 nitrogen and oxygen atoms in total. The third kappa shape index (κ3) is 3.65. The summed E-state index contributed by atoms with van der Waals surface area (Å²) >= 11 is 1.34. The number of nitrogens with zero attached hydrogens (tertiary/aromatic N) is 1. The van der Waals surface area contributed by atoms with Crippen LogP contribution in [0.1, 0.15) is 11.1 Å². The molecule has 1 aliphatic rings. The molecule has 1 heterocycles. The fourth-order valence-corrected chi connectivity index (χ4v) is 2.45. The number of aromatic hydroxyl groups is 1. The fourth-order valence-electron chi connectivity index (χ4n) is 1.50. The van der Waals surface area contributed by atoms with Crippen LogP contribution >= 0.6 is 11.8 Å². The van der Waals surface area contributed by atoms with Crippen LogP contribution in [0.2, 0.25) is 0 Å². The first-order valence-electron chi connectivity index (χ1n) is 4.94. The fraction of sp³-hybridized carbons (Fsp3) is 0.273. The van der Waals surface area contributed by atoms with Gasteiger partial charge < -0.3 is 19.7 Å². The molecule has 0 aliphatic carbocycles. The Hall–Kier alpha value is -0.690. The first kappa shape index (κ1) is 15.4. The molecule has 0 spiro atoms. The van der Waals surface area contributed by atoms with Crippen LogP contribution in [0.15, 0.2) is 23.2 Å². The average Bonchev–Trinajstić information content (AvgIpc) is 2.69. The summed E-state index contributed by atoms with van der Waals surface area (Å²) in [6.45, 7) is 1.90. The van der Waals surface area contributed by atoms with E-state index >= 15 is 0 Å². The van der Waals surface area contributed by atoms with E-state index in [4.69, 9.17) is 0 Å². The van der Waals surface area contributed by atoms with Gasteiger partial charge in [0.1, 0.15) is 17.0 Å². The molecule has 18 heavy (non-hydrogen) atoms. The van der Waals surface area contributed by atoms with Crippen LogP contribution in [-0.2, 0) is 4.74 Å². The maximum Gasteiger partial charge on any atom is 1.00 e. The second-order valence-electron chi connectivity index (χ2n) is 3.59. The minimum absolute atomic E-state index is 0. The van der Waals surface area contributed by atoms with Crippen molar-refractivity contribution < 1.29 is 49.3 Å². The number of hydrogen-bond donors (Lipinski definition) is 1. The van der Waals surface area contributed by atoms with E-state index in [0.29, 0.717) is 16.4 Å². The van der Waals surface area contributed by atoms with Gasteiger partial charge in [-0.1, -0.05) is 11.6 Å². The van der Waals surface area contributed by atoms with Crippen molar-refractivity contribution in [1.82, 2.24) is 0 Å². The van der Waals surface area contributed by atoms with Crippen molar-refractivity contribution in [2.24, 2.45) is 4.99 Å². The maximum atomic E-state index is 10.3. The monoisotopic (exact) mass is 275 g/mol. The molecule has 0 saturated carbocycles. The number of ether oxygens (including phenoxy) is 1. The largest absolute Gasteiger partial charge is 1.00 e. The minimum atomic E-state index is -1.59. The molecular weight excluding hydrogens is 265 g/mol. The number of benzene rings is 1. The first-order chi connectivity index (χ1) is 8.06. The molecule has 0 aromatic heterocycles. The zero-order valence-electron chi connectivity index (χ0n) is 10.0. The number of aliphatic imine (C=N–C) groups is 1. The van der Waals surface area contributed by atoms with Crippen LogP contribution in [0.5, 0.6) is 5.75 Å². The summed E-state index contributed by atoms with van der Waals surface area (Å²) < 4.78 is 4.45. The Morgan fingerprint density at radius 1 is 1.61 bits per heavy atom. The summed E-state index contributed by atoms with van der Waals surface area (Å²) in [5.74, 6) is 0.521. The van der Waals surface area contributed by atoms with E-state index in [-0.39, 0.29) is 35.3 Å². The molecule has 0 fully saturated rings. The van der Waals surface area contributed by atoms with Gasteiger partial charge in [0.25, 0.3) is 6.16 Å². The number of phenolic OH excluding ortho intramolecular Hbond substituents is 1. The Labute approximate surface area is 131 Å². The van der Waals surface area contributed by atoms with Crippen molar-refractivity contribution in [3.63, 3.8) is 0 Å². The van der Waals surface area contributed by atoms with E-state index in [9.17, 15) is 15.0 Å². The van der Waals surface area contributed by atoms with Gasteiger partial charge in [-0.2, -0.15) is 0 Å². The van der Waals surface area contributed by atoms with E-state index < -0.39 is 12.4 Å². The summed E-state index contributed by atoms with van der Waals surface area (Å²) in [5.41, 5.74) is 1.59. The summed E-state index contributed by atoms with van der Waals surface area (Å²) in [6.07, 6.45) is -2.34. The van der Waals surface area contributed by atoms with Crippen LogP contribution in [-0.4, -0.2) is 28.3 Å². The van der Waals surface area contributed by atoms with Crippen LogP contribution in [0.3, 0.4) is 0 Å². The molecule has 1 atom stereocenters. The first-order valence-corrected chi connectivity index (χ1v) is 5.93. The van der Waals surface area contributed by atoms with Crippen molar-refractivity contribution >= 4 is 23.0 Å². The van der Waals surface area contributed by atoms with Gasteiger partial charge in [-0.15, -0.1) is 11.8 Å². The Kier molecular flexibility index (Phi) is 5.52. The predicted octanol–water partition coefficient (Wildman–Crippen LogP) is -2.12. The second-order valence-corrected chi connectivity index (χ2v) is 4.60. The molecule has 1 aromatic carbocycles. The number of aryl methyl sites for hydroxylation is 1. The van der Waals surface area contributed by atoms with Crippen molar-refractivity contribution in [2.45, 2.75) is 13.2 Å². The molecular formula is C11H10NNaO4S. The van der Waals surface area contributed by atoms with Crippen LogP contribution in [0.25, 0.3) is 0 Å². The second kappa shape index (κ2) is 6.47. The minimum Gasteiger partial charge on any atom is -0.524 e. The number of phenols is 1. The molecule has 0 amide bonds. The third-order valence-electron chi connectivity index (χ3n) is 2.24. The van der Waals surface area contributed by atoms with E-state index in [2.05, 4.69) is 9.73 Å². The molecule has 7 heteroatoms. The number of rotatable bonds is 2. The van der Waals surface area contributed by atoms with Crippen molar-refractivity contribution in [1.29, 1.82) is 0 Å². The molecule has 2 rings (SSSR count). The van der Waals surface area contributed by atoms with Crippen molar-refractivity contribution in [2.75, 3.05) is 5.75 Å². The van der Waals surface area contributed by atoms with E-state index in [0.717, 1.165) is 5.56 Å². The Morgan fingerprint density at radius 2 is 2.33 bits per heavy atom. The predicted molar refractivity (Wildman–Crippen MR) is 62.1 cm³/mol. The zero-order valence-corrected chi connectivity index (χ0v) is 12.9. The number of carbonyl (C=O) groups excluding carboxylic acids is 1. The van der Waals surface area contributed by atoms with Crippen LogP contribution in [0, 0.1) is 6.92 Å². The Morgan fingerprint density at radius 3 is 3.00 bits per heavy atom. The zero-order chi connectivity index (χ0) is 12.4. The molecule has 0 radical (unpaired) electrons. The van der Waals surface area contributed by atoms with Crippen molar-refractivity contribution in [3.05, 3.63) is 29.3 Å². The molecule has 1 N–H and O–H groups in total. The average molecular weight is 275 g/mol. The van der Waals surface area contributed by atoms with Gasteiger partial charge in [-0.25, -0.2) is 0 Å². The van der Waals surface area contributed by atoms with Gasteiger partial charge in [0, 0.05) is 11.3 Å². The number of thioether (sulfide) groups is 1. The summed E-state index contributed by atoms with van der Waals surface area (Å²) in [5, 5.41) is 20.5. The molecule has 0 saturated heterocycles. The van der Waals surface area contributed by atoms with Crippen molar-refractivity contribution in [3.8, 4) is 5.75 Å². The standard InChI is InChI=1S/C11H11NO4S.Na/c1-6-2-3-8(13)7(4-6)10-12-9(5-17-10)16-11(14)15;/h2-4,9,13H,5H2,1H3,(H,14,15);/q;+1/p-1. The summed E-state index contributed by atoms with van der Waals surface area (Å²) in [4.78, 5) is 14.3. The van der Waals surface area contributed by atoms with Crippen LogP contribution in [0.4, 0.5) is 4.79 Å². The quantitative estimate of drug-likeness (QED) is 0.493. The van der Waals surface area contributed by atoms with Gasteiger partial charge in [0.15, 0.2) is 0 Å². The number of carbonyl (C=O) groups is 1. The Balaban J connectivity index is 0.00000162. The maximum absolute atomic E-state index is 10.3. The van der Waals surface area contributed by atoms with Gasteiger partial charge in [-0.3, -0.25) is 4.99 Å². The van der Waals surface area contributed by atoms with Gasteiger partial charge in [0.2, 0.25) is 0 Å². The van der Waals surface area contributed by atoms with Crippen LogP contribution < -0.4 is 34.7 Å². The Bertz CT molecular complexity index is 492. The van der Waals surface area contributed by atoms with Gasteiger partial charge >= 0.3 is 29.6 Å². The van der Waals surface area contributed by atoms with Gasteiger partial charge in [-0.05, 0) is 19.1 Å². The van der Waals surface area contributed by atoms with Gasteiger partial charge in [0.05, 0.1) is 0 Å². The SMILES string of the molecule is Cc1ccc(O)c(C2=NC(OC(=O)[O-])CS2)c1.[Na+]. The number of hydrogen-bond acceptors (Lipinski definition) is 6. The van der Waals surface area contributed by atoms with E-state index in [1.54, 1.807) is 18.2 Å². The third-order valence-corrected chi connectivity index (χ3v) is 3.29. The molecule has 1 aliphatic heterocycles. The summed E-state index contributed by atoms with van der Waals surface area (Å²) in [7, 11) is 0. The van der Waals surface area contributed by atoms with E-state index in [1.165, 1.54) is 11.8 Å². The normalized spacial score (nSPS) is 17.8. The molecule has 90 valence electrons. The molecule has 0 bridgehead atoms. The molecule has 1 aromatic rings. The molecule has 1 unspecified atom stereocenters. The smallest absolute Gasteiger partial charge is 0.524 e. The summed E-state index contributed by atoms with van der Waals surface area (Å²) in [6, 6.07) is 5.16. The topological polar surface area (TPSA) is 82.0 Å². The number of carboxylic acid groups (broad SMARTS) is 1. The van der Waals surface area contributed by atoms with E-state index in [1.807, 2.05) is 6.92 Å².